The second kappa shape index (κ2) is 5.10. The summed E-state index contributed by atoms with van der Waals surface area (Å²) in [5, 5.41) is 39.2. The van der Waals surface area contributed by atoms with Gasteiger partial charge in [-0.15, -0.1) is 0 Å². The summed E-state index contributed by atoms with van der Waals surface area (Å²) in [6, 6.07) is 0. The Morgan fingerprint density at radius 1 is 0.773 bits per heavy atom. The molecular formula is C12H12N4O6. The Morgan fingerprint density at radius 2 is 1.14 bits per heavy atom. The number of aromatic nitrogens is 4. The van der Waals surface area contributed by atoms with Crippen LogP contribution in [0.15, 0.2) is 12.4 Å². The summed E-state index contributed by atoms with van der Waals surface area (Å²) in [6.07, 6.45) is -5.94. The average Bonchev–Trinajstić information content (AvgIpc) is 3.18. The number of hydrogen-bond donors (Lipinski definition) is 6. The van der Waals surface area contributed by atoms with Gasteiger partial charge in [0.1, 0.15) is 35.8 Å². The lowest BCUT2D eigenvalue weighted by Gasteiger charge is -2.24. The minimum absolute atomic E-state index is 0.118. The molecular weight excluding hydrogens is 296 g/mol. The van der Waals surface area contributed by atoms with Gasteiger partial charge in [0, 0.05) is 0 Å². The maximum Gasteiger partial charge on any atom is 0.211 e. The summed E-state index contributed by atoms with van der Waals surface area (Å²) in [5.74, 6) is -1.62. The second-order valence-electron chi connectivity index (χ2n) is 4.89. The van der Waals surface area contributed by atoms with E-state index >= 15 is 0 Å². The quantitative estimate of drug-likeness (QED) is 0.313. The van der Waals surface area contributed by atoms with Crippen molar-refractivity contribution < 1.29 is 30.0 Å². The third kappa shape index (κ3) is 2.14. The first-order chi connectivity index (χ1) is 10.4. The van der Waals surface area contributed by atoms with E-state index in [2.05, 4.69) is 19.9 Å². The van der Waals surface area contributed by atoms with Gasteiger partial charge in [0.15, 0.2) is 11.6 Å². The van der Waals surface area contributed by atoms with Crippen LogP contribution in [0.3, 0.4) is 0 Å². The van der Waals surface area contributed by atoms with Crippen LogP contribution in [-0.4, -0.2) is 76.3 Å². The molecule has 0 amide bonds. The van der Waals surface area contributed by atoms with Crippen LogP contribution < -0.4 is 0 Å². The highest BCUT2D eigenvalue weighted by Gasteiger charge is 2.39. The fourth-order valence-corrected chi connectivity index (χ4v) is 2.14. The number of nitrogens with zero attached hydrogens (tertiary/aromatic N) is 2. The van der Waals surface area contributed by atoms with Crippen molar-refractivity contribution in [1.29, 1.82) is 0 Å². The smallest absolute Gasteiger partial charge is 0.211 e. The van der Waals surface area contributed by atoms with Crippen LogP contribution in [0, 0.1) is 0 Å². The number of Topliss-reactive ketones (excluding diaryl/α,β-unsaturated/α-hetero) is 2. The molecule has 6 N–H and O–H groups in total. The largest absolute Gasteiger partial charge is 0.387 e. The molecule has 1 aliphatic rings. The van der Waals surface area contributed by atoms with Crippen molar-refractivity contribution in [3.63, 3.8) is 0 Å². The number of carbonyl (C=O) groups excluding carboxylic acids is 2. The molecule has 0 saturated carbocycles. The molecule has 22 heavy (non-hydrogen) atoms. The van der Waals surface area contributed by atoms with E-state index < -0.39 is 36.0 Å². The highest BCUT2D eigenvalue weighted by molar-refractivity contribution is 6.00. The van der Waals surface area contributed by atoms with Gasteiger partial charge in [-0.25, -0.2) is 9.97 Å². The average molecular weight is 308 g/mol. The molecule has 0 spiro atoms. The number of ketones is 2. The number of aliphatic hydroxyl groups excluding tert-OH is 4. The van der Waals surface area contributed by atoms with Crippen LogP contribution in [0.5, 0.6) is 0 Å². The molecule has 0 fully saturated rings. The van der Waals surface area contributed by atoms with Crippen molar-refractivity contribution in [2.24, 2.45) is 0 Å². The molecule has 2 aromatic rings. The zero-order valence-corrected chi connectivity index (χ0v) is 11.0. The van der Waals surface area contributed by atoms with Crippen molar-refractivity contribution >= 4 is 11.6 Å². The normalized spacial score (nSPS) is 29.1. The van der Waals surface area contributed by atoms with Crippen LogP contribution in [0.1, 0.15) is 21.0 Å². The van der Waals surface area contributed by atoms with Gasteiger partial charge in [0.05, 0.1) is 12.4 Å². The fourth-order valence-electron chi connectivity index (χ4n) is 2.14. The molecule has 4 bridgehead atoms. The van der Waals surface area contributed by atoms with Crippen LogP contribution >= 0.6 is 0 Å². The fraction of sp³-hybridized carbons (Fsp3) is 0.333. The predicted octanol–water partition coefficient (Wildman–Crippen LogP) is -2.38. The minimum atomic E-state index is -2.06. The molecule has 10 nitrogen and oxygen atoms in total. The number of aliphatic hydroxyl groups is 4. The summed E-state index contributed by atoms with van der Waals surface area (Å²) in [7, 11) is 0. The van der Waals surface area contributed by atoms with Crippen LogP contribution in [0.2, 0.25) is 0 Å². The molecule has 3 rings (SSSR count). The Morgan fingerprint density at radius 3 is 1.50 bits per heavy atom. The number of nitrogens with one attached hydrogen (secondary N) is 2. The van der Waals surface area contributed by atoms with E-state index in [4.69, 9.17) is 0 Å². The van der Waals surface area contributed by atoms with E-state index in [-0.39, 0.29) is 23.0 Å². The molecule has 0 saturated heterocycles. The van der Waals surface area contributed by atoms with Gasteiger partial charge < -0.3 is 30.4 Å². The van der Waals surface area contributed by atoms with E-state index in [1.807, 2.05) is 0 Å². The summed E-state index contributed by atoms with van der Waals surface area (Å²) < 4.78 is 0. The number of fused-ring (bicyclic) bond motifs is 5. The highest BCUT2D eigenvalue weighted by atomic mass is 16.4. The van der Waals surface area contributed by atoms with Crippen molar-refractivity contribution in [3.8, 4) is 11.6 Å². The summed E-state index contributed by atoms with van der Waals surface area (Å²) in [6.45, 7) is 0. The lowest BCUT2D eigenvalue weighted by atomic mass is 9.96. The molecule has 4 unspecified atom stereocenters. The van der Waals surface area contributed by atoms with Crippen molar-refractivity contribution in [2.75, 3.05) is 0 Å². The molecule has 4 atom stereocenters. The van der Waals surface area contributed by atoms with Crippen LogP contribution in [0.4, 0.5) is 0 Å². The van der Waals surface area contributed by atoms with E-state index in [1.165, 1.54) is 0 Å². The first kappa shape index (κ1) is 14.5. The Balaban J connectivity index is 2.13. The van der Waals surface area contributed by atoms with E-state index in [1.54, 1.807) is 0 Å². The molecule has 0 aromatic carbocycles. The number of carbonyl (C=O) groups is 2. The number of imidazole rings is 2. The molecule has 116 valence electrons. The van der Waals surface area contributed by atoms with Gasteiger partial charge in [-0.3, -0.25) is 9.59 Å². The first-order valence-electron chi connectivity index (χ1n) is 6.31. The van der Waals surface area contributed by atoms with Gasteiger partial charge in [0.25, 0.3) is 0 Å². The Kier molecular flexibility index (Phi) is 3.37. The van der Waals surface area contributed by atoms with E-state index in [0.29, 0.717) is 0 Å². The third-order valence-corrected chi connectivity index (χ3v) is 3.44. The molecule has 1 aliphatic heterocycles. The number of aromatic amines is 2. The SMILES string of the molecule is O=C1c2cnc([nH]2)-c2ncc([nH]2)C(=O)C(O)C(O)C(O)C1O. The topological polar surface area (TPSA) is 172 Å². The number of H-pyrrole nitrogens is 2. The molecule has 3 heterocycles. The second-order valence-corrected chi connectivity index (χ2v) is 4.89. The van der Waals surface area contributed by atoms with Gasteiger partial charge in [-0.1, -0.05) is 0 Å². The van der Waals surface area contributed by atoms with Crippen molar-refractivity contribution in [2.45, 2.75) is 24.4 Å². The Bertz CT molecular complexity index is 675. The minimum Gasteiger partial charge on any atom is -0.387 e. The molecule has 0 radical (unpaired) electrons. The predicted molar refractivity (Wildman–Crippen MR) is 68.9 cm³/mol. The monoisotopic (exact) mass is 308 g/mol. The maximum atomic E-state index is 12.0. The lowest BCUT2D eigenvalue weighted by Crippen LogP contribution is -2.50. The van der Waals surface area contributed by atoms with Gasteiger partial charge >= 0.3 is 0 Å². The standard InChI is InChI=1S/C12H12N4O6/c17-5-3-1-13-11(15-3)12-14-2-4(16-12)6(18)8(20)10(22)9(21)7(5)19/h1-2,7-10,19-22H,(H,13,15)(H,14,16). The van der Waals surface area contributed by atoms with Crippen LogP contribution in [0.25, 0.3) is 11.6 Å². The molecule has 0 aliphatic carbocycles. The molecule has 10 heteroatoms. The van der Waals surface area contributed by atoms with Gasteiger partial charge in [-0.2, -0.15) is 0 Å². The summed E-state index contributed by atoms with van der Waals surface area (Å²) in [5.41, 5.74) is -0.235. The van der Waals surface area contributed by atoms with E-state index in [0.717, 1.165) is 12.4 Å². The first-order valence-corrected chi connectivity index (χ1v) is 6.31. The van der Waals surface area contributed by atoms with Gasteiger partial charge in [-0.05, 0) is 0 Å². The Hall–Kier alpha value is -2.40. The van der Waals surface area contributed by atoms with Crippen molar-refractivity contribution in [1.82, 2.24) is 19.9 Å². The summed E-state index contributed by atoms with van der Waals surface area (Å²) in [4.78, 5) is 36.9. The molecule has 2 aromatic heterocycles. The zero-order valence-electron chi connectivity index (χ0n) is 11.0. The van der Waals surface area contributed by atoms with Gasteiger partial charge in [0.2, 0.25) is 11.6 Å². The Labute approximate surface area is 122 Å². The zero-order chi connectivity index (χ0) is 16.0. The highest BCUT2D eigenvalue weighted by Crippen LogP contribution is 2.18. The van der Waals surface area contributed by atoms with E-state index in [9.17, 15) is 30.0 Å². The lowest BCUT2D eigenvalue weighted by molar-refractivity contribution is -0.0844. The maximum absolute atomic E-state index is 12.0. The number of hydrogen-bond acceptors (Lipinski definition) is 8. The van der Waals surface area contributed by atoms with Crippen LogP contribution in [-0.2, 0) is 0 Å². The van der Waals surface area contributed by atoms with Crippen molar-refractivity contribution in [3.05, 3.63) is 23.8 Å². The number of rotatable bonds is 0. The summed E-state index contributed by atoms with van der Waals surface area (Å²) >= 11 is 0. The third-order valence-electron chi connectivity index (χ3n) is 3.44.